The quantitative estimate of drug-likeness (QED) is 0.352. The molecule has 2 aromatic carbocycles. The van der Waals surface area contributed by atoms with E-state index in [1.165, 1.54) is 36.8 Å². The van der Waals surface area contributed by atoms with Crippen molar-refractivity contribution in [1.29, 1.82) is 0 Å². The van der Waals surface area contributed by atoms with Crippen molar-refractivity contribution in [2.24, 2.45) is 11.8 Å². The molecule has 38 heavy (non-hydrogen) atoms. The lowest BCUT2D eigenvalue weighted by Gasteiger charge is -2.39. The molecular formula is C32H37N3O2S. The molecule has 1 saturated heterocycles. The van der Waals surface area contributed by atoms with Crippen molar-refractivity contribution >= 4 is 17.9 Å². The summed E-state index contributed by atoms with van der Waals surface area (Å²) < 4.78 is 8.38. The molecule has 1 amide bonds. The summed E-state index contributed by atoms with van der Waals surface area (Å²) in [5, 5.41) is 3.27. The van der Waals surface area contributed by atoms with Crippen LogP contribution in [0, 0.1) is 11.8 Å². The van der Waals surface area contributed by atoms with Gasteiger partial charge in [-0.25, -0.2) is 0 Å². The Bertz CT molecular complexity index is 1230. The summed E-state index contributed by atoms with van der Waals surface area (Å²) in [6.45, 7) is 2.53. The Morgan fingerprint density at radius 1 is 1.00 bits per heavy atom. The lowest BCUT2D eigenvalue weighted by molar-refractivity contribution is 0.0924. The van der Waals surface area contributed by atoms with Crippen molar-refractivity contribution in [2.75, 3.05) is 19.3 Å². The van der Waals surface area contributed by atoms with E-state index in [0.717, 1.165) is 48.9 Å². The number of piperidine rings is 1. The topological polar surface area (TPSA) is 54.5 Å². The highest BCUT2D eigenvalue weighted by molar-refractivity contribution is 7.96. The molecule has 1 unspecified atom stereocenters. The first-order valence-electron chi connectivity index (χ1n) is 14.0. The number of amides is 1. The predicted molar refractivity (Wildman–Crippen MR) is 153 cm³/mol. The minimum Gasteiger partial charge on any atom is -0.487 e. The number of pyridine rings is 1. The molecule has 1 N–H and O–H groups in total. The number of nitrogens with one attached hydrogen (secondary N) is 1. The maximum Gasteiger partial charge on any atom is 0.251 e. The molecule has 3 atom stereocenters. The SMILES string of the molecule is CSN1CCC(NC(=O)c2ccc([C@]3(c4ccc(OCc5ccccn5)cc4)CC4CC[C@@H]3C4)cc2)CC1. The molecule has 1 aliphatic heterocycles. The molecule has 2 bridgehead atoms. The number of aromatic nitrogens is 1. The van der Waals surface area contributed by atoms with Gasteiger partial charge in [0.1, 0.15) is 12.4 Å². The summed E-state index contributed by atoms with van der Waals surface area (Å²) in [4.78, 5) is 17.4. The first-order chi connectivity index (χ1) is 18.6. The van der Waals surface area contributed by atoms with Crippen molar-refractivity contribution in [1.82, 2.24) is 14.6 Å². The fourth-order valence-electron chi connectivity index (χ4n) is 7.06. The Hall–Kier alpha value is -2.83. The summed E-state index contributed by atoms with van der Waals surface area (Å²) in [7, 11) is 0. The number of hydrogen-bond acceptors (Lipinski definition) is 5. The largest absolute Gasteiger partial charge is 0.487 e. The van der Waals surface area contributed by atoms with E-state index in [0.29, 0.717) is 12.5 Å². The Kier molecular flexibility index (Phi) is 7.44. The lowest BCUT2D eigenvalue weighted by Crippen LogP contribution is -2.42. The molecule has 3 aliphatic rings. The standard InChI is InChI=1S/C32H37N3O2S/c1-38-35-18-15-28(16-19-35)34-31(36)24-6-9-25(10-7-24)32(21-23-5-8-27(32)20-23)26-11-13-30(14-12-26)37-22-29-4-2-3-17-33-29/h2-4,6-7,9-14,17,23,27-28H,5,8,15-16,18-22H2,1H3,(H,34,36)/t23?,27-,32+/m1/s1. The van der Waals surface area contributed by atoms with Gasteiger partial charge in [-0.2, -0.15) is 0 Å². The molecule has 2 saturated carbocycles. The van der Waals surface area contributed by atoms with Crippen LogP contribution in [0.5, 0.6) is 5.75 Å². The van der Waals surface area contributed by atoms with Gasteiger partial charge in [-0.3, -0.25) is 14.1 Å². The summed E-state index contributed by atoms with van der Waals surface area (Å²) >= 11 is 1.79. The Labute approximate surface area is 230 Å². The van der Waals surface area contributed by atoms with E-state index in [-0.39, 0.29) is 17.4 Å². The van der Waals surface area contributed by atoms with Crippen LogP contribution in [0.15, 0.2) is 72.9 Å². The van der Waals surface area contributed by atoms with Gasteiger partial charge in [-0.15, -0.1) is 0 Å². The zero-order valence-electron chi connectivity index (χ0n) is 22.1. The molecule has 2 aliphatic carbocycles. The third-order valence-electron chi connectivity index (χ3n) is 9.04. The van der Waals surface area contributed by atoms with Gasteiger partial charge in [0.15, 0.2) is 0 Å². The van der Waals surface area contributed by atoms with Gasteiger partial charge >= 0.3 is 0 Å². The van der Waals surface area contributed by atoms with E-state index in [9.17, 15) is 4.79 Å². The van der Waals surface area contributed by atoms with E-state index < -0.39 is 0 Å². The molecule has 2 heterocycles. The highest BCUT2D eigenvalue weighted by atomic mass is 32.2. The van der Waals surface area contributed by atoms with Crippen molar-refractivity contribution in [3.63, 3.8) is 0 Å². The molecule has 6 rings (SSSR count). The van der Waals surface area contributed by atoms with Crippen LogP contribution in [0.25, 0.3) is 0 Å². The van der Waals surface area contributed by atoms with E-state index in [2.05, 4.69) is 57.3 Å². The van der Waals surface area contributed by atoms with Crippen molar-refractivity contribution in [2.45, 2.75) is 56.6 Å². The number of fused-ring (bicyclic) bond motifs is 2. The van der Waals surface area contributed by atoms with Crippen molar-refractivity contribution in [3.8, 4) is 5.75 Å². The van der Waals surface area contributed by atoms with Gasteiger partial charge < -0.3 is 10.1 Å². The van der Waals surface area contributed by atoms with E-state index in [4.69, 9.17) is 4.74 Å². The Morgan fingerprint density at radius 2 is 1.74 bits per heavy atom. The fraction of sp³-hybridized carbons (Fsp3) is 0.438. The van der Waals surface area contributed by atoms with Gasteiger partial charge in [0.05, 0.1) is 5.69 Å². The van der Waals surface area contributed by atoms with Crippen molar-refractivity contribution < 1.29 is 9.53 Å². The minimum absolute atomic E-state index is 0.0160. The second-order valence-corrected chi connectivity index (χ2v) is 12.0. The molecule has 5 nitrogen and oxygen atoms in total. The molecule has 198 valence electrons. The smallest absolute Gasteiger partial charge is 0.251 e. The summed E-state index contributed by atoms with van der Waals surface area (Å²) in [5.41, 5.74) is 4.42. The Balaban J connectivity index is 1.18. The van der Waals surface area contributed by atoms with Crippen LogP contribution in [0.4, 0.5) is 0 Å². The highest BCUT2D eigenvalue weighted by Crippen LogP contribution is 2.60. The average Bonchev–Trinajstić information content (AvgIpc) is 3.60. The lowest BCUT2D eigenvalue weighted by atomic mass is 9.64. The van der Waals surface area contributed by atoms with Crippen LogP contribution >= 0.6 is 11.9 Å². The first-order valence-corrected chi connectivity index (χ1v) is 15.2. The summed E-state index contributed by atoms with van der Waals surface area (Å²) in [6.07, 6.45) is 11.0. The molecule has 3 fully saturated rings. The summed E-state index contributed by atoms with van der Waals surface area (Å²) in [5.74, 6) is 2.35. The van der Waals surface area contributed by atoms with E-state index in [1.807, 2.05) is 30.3 Å². The zero-order valence-corrected chi connectivity index (χ0v) is 23.0. The number of rotatable bonds is 8. The number of ether oxygens (including phenoxy) is 1. The normalized spacial score (nSPS) is 25.4. The zero-order chi connectivity index (χ0) is 26.0. The number of carbonyl (C=O) groups is 1. The van der Waals surface area contributed by atoms with Crippen LogP contribution in [-0.4, -0.2) is 40.6 Å². The monoisotopic (exact) mass is 527 g/mol. The van der Waals surface area contributed by atoms with Gasteiger partial charge in [0, 0.05) is 36.3 Å². The van der Waals surface area contributed by atoms with Crippen LogP contribution in [-0.2, 0) is 12.0 Å². The van der Waals surface area contributed by atoms with Crippen LogP contribution in [0.1, 0.15) is 65.7 Å². The number of nitrogens with zero attached hydrogens (tertiary/aromatic N) is 2. The van der Waals surface area contributed by atoms with Crippen LogP contribution < -0.4 is 10.1 Å². The molecular weight excluding hydrogens is 490 g/mol. The molecule has 1 aromatic heterocycles. The maximum atomic E-state index is 13.0. The first kappa shape index (κ1) is 25.4. The van der Waals surface area contributed by atoms with Crippen LogP contribution in [0.2, 0.25) is 0 Å². The Morgan fingerprint density at radius 3 is 2.34 bits per heavy atom. The predicted octanol–water partition coefficient (Wildman–Crippen LogP) is 6.24. The number of benzene rings is 2. The third-order valence-corrected chi connectivity index (χ3v) is 9.92. The second-order valence-electron chi connectivity index (χ2n) is 11.1. The highest BCUT2D eigenvalue weighted by Gasteiger charge is 2.52. The minimum atomic E-state index is 0.0160. The summed E-state index contributed by atoms with van der Waals surface area (Å²) in [6, 6.07) is 23.4. The molecule has 0 radical (unpaired) electrons. The molecule has 0 spiro atoms. The average molecular weight is 528 g/mol. The number of carbonyl (C=O) groups excluding carboxylic acids is 1. The second kappa shape index (κ2) is 11.1. The van der Waals surface area contributed by atoms with Gasteiger partial charge in [-0.1, -0.05) is 48.7 Å². The molecule has 6 heteroatoms. The van der Waals surface area contributed by atoms with Crippen molar-refractivity contribution in [3.05, 3.63) is 95.3 Å². The van der Waals surface area contributed by atoms with Gasteiger partial charge in [-0.05, 0) is 97.7 Å². The maximum absolute atomic E-state index is 13.0. The third kappa shape index (κ3) is 5.08. The number of hydrogen-bond donors (Lipinski definition) is 1. The fourth-order valence-corrected chi connectivity index (χ4v) is 7.64. The van der Waals surface area contributed by atoms with E-state index >= 15 is 0 Å². The van der Waals surface area contributed by atoms with Crippen LogP contribution in [0.3, 0.4) is 0 Å². The van der Waals surface area contributed by atoms with Gasteiger partial charge in [0.2, 0.25) is 0 Å². The van der Waals surface area contributed by atoms with E-state index in [1.54, 1.807) is 18.1 Å². The van der Waals surface area contributed by atoms with Gasteiger partial charge in [0.25, 0.3) is 5.91 Å². The molecule has 3 aromatic rings.